The third-order valence-corrected chi connectivity index (χ3v) is 4.88. The van der Waals surface area contributed by atoms with Crippen LogP contribution in [0.3, 0.4) is 0 Å². The lowest BCUT2D eigenvalue weighted by atomic mass is 10.0. The highest BCUT2D eigenvalue weighted by molar-refractivity contribution is 7.92. The Morgan fingerprint density at radius 3 is 2.96 bits per heavy atom. The second kappa shape index (κ2) is 5.39. The van der Waals surface area contributed by atoms with Crippen molar-refractivity contribution in [1.29, 1.82) is 0 Å². The first-order chi connectivity index (χ1) is 11.2. The number of methoxy groups -OCH3 is 1. The average Bonchev–Trinajstić information content (AvgIpc) is 3.16. The molecule has 23 heavy (non-hydrogen) atoms. The van der Waals surface area contributed by atoms with Gasteiger partial charge in [-0.2, -0.15) is 0 Å². The van der Waals surface area contributed by atoms with Gasteiger partial charge in [-0.3, -0.25) is 0 Å². The first-order valence-corrected chi connectivity index (χ1v) is 8.25. The van der Waals surface area contributed by atoms with Crippen molar-refractivity contribution >= 4 is 50.7 Å². The van der Waals surface area contributed by atoms with Gasteiger partial charge in [0.2, 0.25) is 0 Å². The number of anilines is 1. The Morgan fingerprint density at radius 2 is 2.17 bits per heavy atom. The zero-order valence-electron chi connectivity index (χ0n) is 12.0. The second-order valence-corrected chi connectivity index (χ2v) is 6.34. The van der Waals surface area contributed by atoms with Crippen LogP contribution in [0.5, 0.6) is 5.75 Å². The number of nitrogens with zero attached hydrogens (tertiary/aromatic N) is 3. The van der Waals surface area contributed by atoms with Crippen LogP contribution in [0.15, 0.2) is 36.0 Å². The number of aromatic nitrogens is 3. The maximum atomic E-state index is 13.3. The number of nitrogens with two attached hydrogens (primary N) is 1. The van der Waals surface area contributed by atoms with E-state index < -0.39 is 0 Å². The molecule has 0 amide bonds. The predicted molar refractivity (Wildman–Crippen MR) is 93.4 cm³/mol. The van der Waals surface area contributed by atoms with Crippen molar-refractivity contribution in [2.75, 3.05) is 12.8 Å². The van der Waals surface area contributed by atoms with Crippen LogP contribution in [0.25, 0.3) is 32.4 Å². The van der Waals surface area contributed by atoms with Gasteiger partial charge in [0.25, 0.3) is 0 Å². The van der Waals surface area contributed by atoms with Crippen molar-refractivity contribution in [1.82, 2.24) is 13.9 Å². The molecule has 1 aromatic carbocycles. The summed E-state index contributed by atoms with van der Waals surface area (Å²) in [6.07, 6.45) is 1.70. The van der Waals surface area contributed by atoms with Crippen LogP contribution in [-0.4, -0.2) is 21.1 Å². The van der Waals surface area contributed by atoms with E-state index in [-0.39, 0.29) is 12.3 Å². The number of hydrogen-bond donors (Lipinski definition) is 1. The summed E-state index contributed by atoms with van der Waals surface area (Å²) < 4.78 is 21.2. The van der Waals surface area contributed by atoms with E-state index >= 15 is 0 Å². The van der Waals surface area contributed by atoms with Crippen molar-refractivity contribution in [3.63, 3.8) is 0 Å². The average molecular weight is 346 g/mol. The molecule has 4 aromatic rings. The lowest BCUT2D eigenvalue weighted by molar-refractivity contribution is 0.417. The summed E-state index contributed by atoms with van der Waals surface area (Å²) in [7, 11) is 1.61. The molecule has 0 atom stereocenters. The number of benzene rings is 1. The molecule has 3 aromatic heterocycles. The van der Waals surface area contributed by atoms with Gasteiger partial charge >= 0.3 is 0 Å². The van der Waals surface area contributed by atoms with Crippen LogP contribution in [0, 0.1) is 0 Å². The molecule has 0 aliphatic rings. The standard InChI is InChI=1S/C15H11FN4OS2/c1-21-12-5-11-13(22-7-18-11)4-9(12)10-6-20(23-16)15-8(10)2-3-14(17)19-15/h2-7H,1H3,(H2,17,19). The van der Waals surface area contributed by atoms with E-state index in [2.05, 4.69) is 9.97 Å². The van der Waals surface area contributed by atoms with Crippen molar-refractivity contribution in [3.8, 4) is 16.9 Å². The number of halogens is 1. The van der Waals surface area contributed by atoms with Gasteiger partial charge in [-0.15, -0.1) is 15.2 Å². The molecular formula is C15H11FN4OS2. The topological polar surface area (TPSA) is 66.0 Å². The molecule has 116 valence electrons. The molecule has 0 bridgehead atoms. The van der Waals surface area contributed by atoms with Gasteiger partial charge in [0, 0.05) is 28.8 Å². The van der Waals surface area contributed by atoms with Gasteiger partial charge in [-0.1, -0.05) is 0 Å². The summed E-state index contributed by atoms with van der Waals surface area (Å²) >= 11 is 1.64. The molecule has 5 nitrogen and oxygen atoms in total. The summed E-state index contributed by atoms with van der Waals surface area (Å²) in [5.41, 5.74) is 10.6. The Hall–Kier alpha value is -2.32. The van der Waals surface area contributed by atoms with E-state index in [1.54, 1.807) is 36.2 Å². The van der Waals surface area contributed by atoms with Crippen LogP contribution in [0.4, 0.5) is 9.70 Å². The quantitative estimate of drug-likeness (QED) is 0.599. The van der Waals surface area contributed by atoms with Crippen molar-refractivity contribution in [2.45, 2.75) is 0 Å². The van der Waals surface area contributed by atoms with E-state index in [1.807, 2.05) is 18.2 Å². The minimum Gasteiger partial charge on any atom is -0.496 e. The molecular weight excluding hydrogens is 335 g/mol. The number of thiazole rings is 1. The summed E-state index contributed by atoms with van der Waals surface area (Å²) in [5, 5.41) is 0.812. The van der Waals surface area contributed by atoms with Crippen LogP contribution >= 0.6 is 23.7 Å². The van der Waals surface area contributed by atoms with Crippen molar-refractivity contribution < 1.29 is 8.62 Å². The number of pyridine rings is 1. The molecule has 2 N–H and O–H groups in total. The van der Waals surface area contributed by atoms with Gasteiger partial charge < -0.3 is 10.5 Å². The molecule has 0 radical (unpaired) electrons. The summed E-state index contributed by atoms with van der Waals surface area (Å²) in [5.74, 6) is 1.03. The van der Waals surface area contributed by atoms with E-state index in [0.717, 1.165) is 26.7 Å². The first kappa shape index (κ1) is 14.3. The smallest absolute Gasteiger partial charge is 0.171 e. The van der Waals surface area contributed by atoms with Crippen LogP contribution in [0.1, 0.15) is 0 Å². The molecule has 4 rings (SSSR count). The Labute approximate surface area is 139 Å². The highest BCUT2D eigenvalue weighted by Crippen LogP contribution is 2.40. The molecule has 0 spiro atoms. The molecule has 0 aliphatic carbocycles. The molecule has 3 heterocycles. The SMILES string of the molecule is COc1cc2ncsc2cc1-c1cn(SF)c2nc(N)ccc12. The lowest BCUT2D eigenvalue weighted by Crippen LogP contribution is -1.91. The highest BCUT2D eigenvalue weighted by Gasteiger charge is 2.17. The number of hydrogen-bond acceptors (Lipinski definition) is 6. The van der Waals surface area contributed by atoms with Crippen LogP contribution < -0.4 is 10.5 Å². The molecule has 0 unspecified atom stereocenters. The fraction of sp³-hybridized carbons (Fsp3) is 0.0667. The Balaban J connectivity index is 2.05. The zero-order valence-corrected chi connectivity index (χ0v) is 13.6. The Bertz CT molecular complexity index is 1030. The van der Waals surface area contributed by atoms with E-state index in [0.29, 0.717) is 17.2 Å². The third kappa shape index (κ3) is 2.22. The van der Waals surface area contributed by atoms with Crippen molar-refractivity contribution in [2.24, 2.45) is 0 Å². The Kier molecular flexibility index (Phi) is 3.35. The maximum Gasteiger partial charge on any atom is 0.171 e. The number of rotatable bonds is 3. The molecule has 0 saturated heterocycles. The number of fused-ring (bicyclic) bond motifs is 2. The highest BCUT2D eigenvalue weighted by atomic mass is 32.2. The Morgan fingerprint density at radius 1 is 1.30 bits per heavy atom. The summed E-state index contributed by atoms with van der Waals surface area (Å²) in [4.78, 5) is 8.53. The largest absolute Gasteiger partial charge is 0.496 e. The van der Waals surface area contributed by atoms with Crippen LogP contribution in [-0.2, 0) is 0 Å². The van der Waals surface area contributed by atoms with Gasteiger partial charge in [-0.25, -0.2) is 13.9 Å². The minimum absolute atomic E-state index is 0.0893. The lowest BCUT2D eigenvalue weighted by Gasteiger charge is -2.07. The third-order valence-electron chi connectivity index (χ3n) is 3.66. The van der Waals surface area contributed by atoms with Gasteiger partial charge in [0.1, 0.15) is 11.6 Å². The minimum atomic E-state index is 0.0893. The monoisotopic (exact) mass is 346 g/mol. The van der Waals surface area contributed by atoms with E-state index in [4.69, 9.17) is 10.5 Å². The fourth-order valence-corrected chi connectivity index (χ4v) is 3.67. The molecule has 0 fully saturated rings. The maximum absolute atomic E-state index is 13.3. The van der Waals surface area contributed by atoms with Gasteiger partial charge in [0.05, 0.1) is 22.8 Å². The molecule has 8 heteroatoms. The molecule has 0 saturated carbocycles. The second-order valence-electron chi connectivity index (χ2n) is 4.92. The van der Waals surface area contributed by atoms with Gasteiger partial charge in [-0.05, 0) is 18.2 Å². The summed E-state index contributed by atoms with van der Waals surface area (Å²) in [6.45, 7) is 0. The van der Waals surface area contributed by atoms with Crippen LogP contribution in [0.2, 0.25) is 0 Å². The van der Waals surface area contributed by atoms with E-state index in [9.17, 15) is 3.89 Å². The summed E-state index contributed by atoms with van der Waals surface area (Å²) in [6, 6.07) is 7.44. The molecule has 0 aliphatic heterocycles. The van der Waals surface area contributed by atoms with E-state index in [1.165, 1.54) is 3.97 Å². The number of ether oxygens (including phenoxy) is 1. The normalized spacial score (nSPS) is 11.4. The first-order valence-electron chi connectivity index (χ1n) is 6.69. The fourth-order valence-electron chi connectivity index (χ4n) is 2.62. The van der Waals surface area contributed by atoms with Crippen molar-refractivity contribution in [3.05, 3.63) is 36.0 Å². The number of nitrogen functional groups attached to an aromatic ring is 1. The predicted octanol–water partition coefficient (Wildman–Crippen LogP) is 4.28. The zero-order chi connectivity index (χ0) is 16.0. The van der Waals surface area contributed by atoms with Gasteiger partial charge in [0.15, 0.2) is 18.0 Å².